The molecule has 0 amide bonds. The van der Waals surface area contributed by atoms with Crippen molar-refractivity contribution in [3.8, 4) is 0 Å². The summed E-state index contributed by atoms with van der Waals surface area (Å²) in [6, 6.07) is 0.718. The van der Waals surface area contributed by atoms with Crippen LogP contribution in [-0.4, -0.2) is 15.6 Å². The first-order valence-corrected chi connectivity index (χ1v) is 7.62. The third kappa shape index (κ3) is 4.13. The number of hydrogen-bond donors (Lipinski definition) is 1. The molecule has 1 fully saturated rings. The van der Waals surface area contributed by atoms with Gasteiger partial charge in [0.15, 0.2) is 0 Å². The van der Waals surface area contributed by atoms with E-state index in [2.05, 4.69) is 21.8 Å². The lowest BCUT2D eigenvalue weighted by Crippen LogP contribution is -2.30. The van der Waals surface area contributed by atoms with Crippen LogP contribution in [0.2, 0.25) is 0 Å². The van der Waals surface area contributed by atoms with E-state index < -0.39 is 0 Å². The largest absolute Gasteiger partial charge is 0.333 e. The molecule has 3 nitrogen and oxygen atoms in total. The zero-order chi connectivity index (χ0) is 12.6. The number of hydrogen-bond acceptors (Lipinski definition) is 2. The molecule has 18 heavy (non-hydrogen) atoms. The van der Waals surface area contributed by atoms with E-state index in [1.807, 2.05) is 12.5 Å². The SMILES string of the molecule is CCCn1cncc1CNC1CCCCCCC1. The highest BCUT2D eigenvalue weighted by Crippen LogP contribution is 2.17. The summed E-state index contributed by atoms with van der Waals surface area (Å²) in [6.45, 7) is 4.28. The predicted octanol–water partition coefficient (Wildman–Crippen LogP) is 3.50. The highest BCUT2D eigenvalue weighted by atomic mass is 15.1. The average molecular weight is 249 g/mol. The molecule has 0 atom stereocenters. The number of nitrogens with zero attached hydrogens (tertiary/aromatic N) is 2. The van der Waals surface area contributed by atoms with Crippen LogP contribution in [0.1, 0.15) is 64.0 Å². The molecule has 2 rings (SSSR count). The van der Waals surface area contributed by atoms with E-state index >= 15 is 0 Å². The molecule has 3 heteroatoms. The fourth-order valence-corrected chi connectivity index (χ4v) is 2.85. The van der Waals surface area contributed by atoms with Crippen LogP contribution in [0.3, 0.4) is 0 Å². The molecule has 0 saturated heterocycles. The van der Waals surface area contributed by atoms with E-state index in [-0.39, 0.29) is 0 Å². The third-order valence-electron chi connectivity index (χ3n) is 3.94. The number of rotatable bonds is 5. The molecule has 0 aromatic carbocycles. The van der Waals surface area contributed by atoms with Crippen LogP contribution in [0.5, 0.6) is 0 Å². The Morgan fingerprint density at radius 2 is 1.94 bits per heavy atom. The van der Waals surface area contributed by atoms with Gasteiger partial charge in [0.05, 0.1) is 12.0 Å². The lowest BCUT2D eigenvalue weighted by Gasteiger charge is -2.21. The van der Waals surface area contributed by atoms with Crippen LogP contribution in [0, 0.1) is 0 Å². The molecule has 0 spiro atoms. The Kier molecular flexibility index (Phi) is 5.72. The van der Waals surface area contributed by atoms with Crippen molar-refractivity contribution >= 4 is 0 Å². The van der Waals surface area contributed by atoms with Gasteiger partial charge in [-0.25, -0.2) is 4.98 Å². The summed E-state index contributed by atoms with van der Waals surface area (Å²) in [5, 5.41) is 3.73. The molecule has 1 N–H and O–H groups in total. The minimum atomic E-state index is 0.718. The molecule has 1 saturated carbocycles. The van der Waals surface area contributed by atoms with Crippen molar-refractivity contribution in [1.29, 1.82) is 0 Å². The average Bonchev–Trinajstić information content (AvgIpc) is 2.76. The maximum absolute atomic E-state index is 4.26. The first-order valence-electron chi connectivity index (χ1n) is 7.62. The summed E-state index contributed by atoms with van der Waals surface area (Å²) >= 11 is 0. The van der Waals surface area contributed by atoms with Gasteiger partial charge < -0.3 is 9.88 Å². The molecule has 1 aromatic heterocycles. The summed E-state index contributed by atoms with van der Waals surface area (Å²) in [5.41, 5.74) is 1.33. The lowest BCUT2D eigenvalue weighted by atomic mass is 9.97. The second-order valence-electron chi connectivity index (χ2n) is 5.50. The maximum atomic E-state index is 4.26. The van der Waals surface area contributed by atoms with Crippen molar-refractivity contribution in [2.45, 2.75) is 77.4 Å². The van der Waals surface area contributed by atoms with Crippen LogP contribution in [0.15, 0.2) is 12.5 Å². The van der Waals surface area contributed by atoms with Crippen LogP contribution in [-0.2, 0) is 13.1 Å². The van der Waals surface area contributed by atoms with Crippen LogP contribution >= 0.6 is 0 Å². The van der Waals surface area contributed by atoms with E-state index in [1.165, 1.54) is 57.1 Å². The smallest absolute Gasteiger partial charge is 0.0948 e. The number of aryl methyl sites for hydroxylation is 1. The van der Waals surface area contributed by atoms with Crippen LogP contribution < -0.4 is 5.32 Å². The minimum absolute atomic E-state index is 0.718. The van der Waals surface area contributed by atoms with Gasteiger partial charge in [0.1, 0.15) is 0 Å². The topological polar surface area (TPSA) is 29.9 Å². The Labute approximate surface area is 111 Å². The van der Waals surface area contributed by atoms with Crippen molar-refractivity contribution < 1.29 is 0 Å². The molecule has 1 aromatic rings. The molecule has 102 valence electrons. The molecule has 1 heterocycles. The minimum Gasteiger partial charge on any atom is -0.333 e. The van der Waals surface area contributed by atoms with Gasteiger partial charge in [0, 0.05) is 25.3 Å². The Bertz CT molecular complexity index is 324. The van der Waals surface area contributed by atoms with E-state index in [1.54, 1.807) is 0 Å². The Morgan fingerprint density at radius 1 is 1.22 bits per heavy atom. The van der Waals surface area contributed by atoms with Gasteiger partial charge in [0.2, 0.25) is 0 Å². The van der Waals surface area contributed by atoms with E-state index in [0.717, 1.165) is 19.1 Å². The monoisotopic (exact) mass is 249 g/mol. The number of aromatic nitrogens is 2. The molecular formula is C15H27N3. The van der Waals surface area contributed by atoms with Gasteiger partial charge >= 0.3 is 0 Å². The Morgan fingerprint density at radius 3 is 2.67 bits per heavy atom. The van der Waals surface area contributed by atoms with Crippen molar-refractivity contribution in [2.24, 2.45) is 0 Å². The van der Waals surface area contributed by atoms with Gasteiger partial charge in [-0.1, -0.05) is 39.0 Å². The molecular weight excluding hydrogens is 222 g/mol. The highest BCUT2D eigenvalue weighted by molar-refractivity contribution is 4.98. The molecule has 1 aliphatic rings. The van der Waals surface area contributed by atoms with E-state index in [4.69, 9.17) is 0 Å². The van der Waals surface area contributed by atoms with E-state index in [9.17, 15) is 0 Å². The Balaban J connectivity index is 1.80. The zero-order valence-corrected chi connectivity index (χ0v) is 11.7. The predicted molar refractivity (Wildman–Crippen MR) is 75.5 cm³/mol. The third-order valence-corrected chi connectivity index (χ3v) is 3.94. The second-order valence-corrected chi connectivity index (χ2v) is 5.50. The summed E-state index contributed by atoms with van der Waals surface area (Å²) in [5.74, 6) is 0. The summed E-state index contributed by atoms with van der Waals surface area (Å²) in [4.78, 5) is 4.26. The van der Waals surface area contributed by atoms with Crippen LogP contribution in [0.4, 0.5) is 0 Å². The molecule has 0 aliphatic heterocycles. The van der Waals surface area contributed by atoms with E-state index in [0.29, 0.717) is 0 Å². The number of nitrogens with one attached hydrogen (secondary N) is 1. The van der Waals surface area contributed by atoms with Crippen molar-refractivity contribution in [1.82, 2.24) is 14.9 Å². The molecule has 0 bridgehead atoms. The molecule has 1 aliphatic carbocycles. The summed E-state index contributed by atoms with van der Waals surface area (Å²) in [7, 11) is 0. The summed E-state index contributed by atoms with van der Waals surface area (Å²) in [6.07, 6.45) is 14.9. The van der Waals surface area contributed by atoms with Crippen LogP contribution in [0.25, 0.3) is 0 Å². The van der Waals surface area contributed by atoms with Gasteiger partial charge in [0.25, 0.3) is 0 Å². The zero-order valence-electron chi connectivity index (χ0n) is 11.7. The van der Waals surface area contributed by atoms with Crippen molar-refractivity contribution in [3.05, 3.63) is 18.2 Å². The normalized spacial score (nSPS) is 18.5. The molecule has 0 unspecified atom stereocenters. The maximum Gasteiger partial charge on any atom is 0.0948 e. The lowest BCUT2D eigenvalue weighted by molar-refractivity contribution is 0.385. The van der Waals surface area contributed by atoms with Gasteiger partial charge in [-0.3, -0.25) is 0 Å². The summed E-state index contributed by atoms with van der Waals surface area (Å²) < 4.78 is 2.27. The Hall–Kier alpha value is -0.830. The van der Waals surface area contributed by atoms with Gasteiger partial charge in [-0.15, -0.1) is 0 Å². The quantitative estimate of drug-likeness (QED) is 0.865. The van der Waals surface area contributed by atoms with Gasteiger partial charge in [-0.2, -0.15) is 0 Å². The molecule has 0 radical (unpaired) electrons. The van der Waals surface area contributed by atoms with Gasteiger partial charge in [-0.05, 0) is 19.3 Å². The fourth-order valence-electron chi connectivity index (χ4n) is 2.85. The number of imidazole rings is 1. The van der Waals surface area contributed by atoms with Crippen molar-refractivity contribution in [3.63, 3.8) is 0 Å². The highest BCUT2D eigenvalue weighted by Gasteiger charge is 2.11. The standard InChI is InChI=1S/C15H27N3/c1-2-10-18-13-16-11-15(18)12-17-14-8-6-4-3-5-7-9-14/h11,13-14,17H,2-10,12H2,1H3. The fraction of sp³-hybridized carbons (Fsp3) is 0.800. The first kappa shape index (κ1) is 13.6. The van der Waals surface area contributed by atoms with Crippen molar-refractivity contribution in [2.75, 3.05) is 0 Å². The second kappa shape index (κ2) is 7.57. The first-order chi connectivity index (χ1) is 8.90.